The van der Waals surface area contributed by atoms with E-state index in [0.717, 1.165) is 54.7 Å². The lowest BCUT2D eigenvalue weighted by molar-refractivity contribution is 0.416. The third kappa shape index (κ3) is 3.29. The number of methoxy groups -OCH3 is 1. The van der Waals surface area contributed by atoms with Crippen molar-refractivity contribution in [2.45, 2.75) is 19.8 Å². The monoisotopic (exact) mass is 312 g/mol. The molecule has 2 aromatic rings. The molecule has 0 saturated carbocycles. The largest absolute Gasteiger partial charge is 0.496 e. The summed E-state index contributed by atoms with van der Waals surface area (Å²) in [6, 6.07) is 8.05. The van der Waals surface area contributed by atoms with Gasteiger partial charge in [0.2, 0.25) is 0 Å². The number of benzene rings is 1. The molecular formula is C18H24N4O. The molecule has 1 aromatic heterocycles. The molecule has 1 saturated heterocycles. The second-order valence-corrected chi connectivity index (χ2v) is 6.05. The van der Waals surface area contributed by atoms with E-state index in [1.807, 2.05) is 24.4 Å². The van der Waals surface area contributed by atoms with Crippen molar-refractivity contribution >= 4 is 5.69 Å². The van der Waals surface area contributed by atoms with E-state index in [1.165, 1.54) is 0 Å². The molecule has 0 unspecified atom stereocenters. The van der Waals surface area contributed by atoms with Crippen molar-refractivity contribution in [3.8, 4) is 17.0 Å². The fourth-order valence-electron chi connectivity index (χ4n) is 2.84. The van der Waals surface area contributed by atoms with Crippen LogP contribution in [0.1, 0.15) is 25.6 Å². The summed E-state index contributed by atoms with van der Waals surface area (Å²) in [4.78, 5) is 11.8. The Balaban J connectivity index is 2.12. The highest BCUT2D eigenvalue weighted by molar-refractivity contribution is 5.78. The van der Waals surface area contributed by atoms with Gasteiger partial charge in [0.1, 0.15) is 17.3 Å². The van der Waals surface area contributed by atoms with Crippen molar-refractivity contribution in [1.29, 1.82) is 0 Å². The van der Waals surface area contributed by atoms with Crippen LogP contribution in [0, 0.1) is 0 Å². The smallest absolute Gasteiger partial charge is 0.131 e. The molecule has 1 fully saturated rings. The lowest BCUT2D eigenvalue weighted by atomic mass is 10.1. The molecule has 1 aliphatic heterocycles. The molecule has 0 aliphatic carbocycles. The molecule has 0 atom stereocenters. The second kappa shape index (κ2) is 6.96. The number of nitrogens with one attached hydrogen (secondary N) is 1. The predicted molar refractivity (Wildman–Crippen MR) is 93.2 cm³/mol. The summed E-state index contributed by atoms with van der Waals surface area (Å²) in [7, 11) is 1.70. The van der Waals surface area contributed by atoms with E-state index >= 15 is 0 Å². The van der Waals surface area contributed by atoms with Crippen molar-refractivity contribution in [2.24, 2.45) is 0 Å². The first-order chi connectivity index (χ1) is 11.2. The Morgan fingerprint density at radius 2 is 1.91 bits per heavy atom. The van der Waals surface area contributed by atoms with Crippen molar-refractivity contribution in [3.63, 3.8) is 0 Å². The van der Waals surface area contributed by atoms with E-state index in [1.54, 1.807) is 7.11 Å². The number of aromatic nitrogens is 2. The van der Waals surface area contributed by atoms with Crippen LogP contribution in [0.2, 0.25) is 0 Å². The summed E-state index contributed by atoms with van der Waals surface area (Å²) in [5, 5.41) is 3.39. The van der Waals surface area contributed by atoms with E-state index < -0.39 is 0 Å². The van der Waals surface area contributed by atoms with E-state index in [4.69, 9.17) is 9.72 Å². The van der Waals surface area contributed by atoms with Gasteiger partial charge in [-0.2, -0.15) is 0 Å². The molecule has 122 valence electrons. The maximum absolute atomic E-state index is 5.55. The molecular weight excluding hydrogens is 288 g/mol. The third-order valence-corrected chi connectivity index (χ3v) is 4.12. The molecule has 1 N–H and O–H groups in total. The molecule has 1 aromatic carbocycles. The highest BCUT2D eigenvalue weighted by atomic mass is 16.5. The summed E-state index contributed by atoms with van der Waals surface area (Å²) in [5.41, 5.74) is 3.07. The normalized spacial score (nSPS) is 15.0. The first-order valence-corrected chi connectivity index (χ1v) is 8.16. The molecule has 5 nitrogen and oxygen atoms in total. The predicted octanol–water partition coefficient (Wildman–Crippen LogP) is 2.69. The van der Waals surface area contributed by atoms with Crippen LogP contribution in [-0.2, 0) is 0 Å². The minimum absolute atomic E-state index is 0.292. The summed E-state index contributed by atoms with van der Waals surface area (Å²) in [5.74, 6) is 2.00. The Morgan fingerprint density at radius 1 is 1.17 bits per heavy atom. The fourth-order valence-corrected chi connectivity index (χ4v) is 2.84. The maximum atomic E-state index is 5.55. The van der Waals surface area contributed by atoms with Crippen molar-refractivity contribution in [3.05, 3.63) is 36.3 Å². The molecule has 1 aliphatic rings. The van der Waals surface area contributed by atoms with Crippen molar-refractivity contribution in [2.75, 3.05) is 38.2 Å². The van der Waals surface area contributed by atoms with Gasteiger partial charge in [-0.3, -0.25) is 0 Å². The standard InChI is InChI=1S/C18H24N4O/c1-13(2)18-20-12-15(22-10-8-19-9-11-22)17(21-18)14-6-4-5-7-16(14)23-3/h4-7,12-13,19H,8-11H2,1-3H3. The van der Waals surface area contributed by atoms with Gasteiger partial charge in [0, 0.05) is 37.7 Å². The Labute approximate surface area is 137 Å². The summed E-state index contributed by atoms with van der Waals surface area (Å²) in [6.07, 6.45) is 1.97. The van der Waals surface area contributed by atoms with Crippen molar-refractivity contribution in [1.82, 2.24) is 15.3 Å². The summed E-state index contributed by atoms with van der Waals surface area (Å²) < 4.78 is 5.55. The fraction of sp³-hybridized carbons (Fsp3) is 0.444. The number of hydrogen-bond donors (Lipinski definition) is 1. The third-order valence-electron chi connectivity index (χ3n) is 4.12. The zero-order valence-corrected chi connectivity index (χ0v) is 14.0. The van der Waals surface area contributed by atoms with Crippen LogP contribution in [0.25, 0.3) is 11.3 Å². The van der Waals surface area contributed by atoms with Crippen molar-refractivity contribution < 1.29 is 4.74 Å². The molecule has 0 radical (unpaired) electrons. The Hall–Kier alpha value is -2.14. The minimum atomic E-state index is 0.292. The molecule has 0 amide bonds. The Bertz CT molecular complexity index is 666. The number of para-hydroxylation sites is 1. The number of anilines is 1. The number of hydrogen-bond acceptors (Lipinski definition) is 5. The van der Waals surface area contributed by atoms with Gasteiger partial charge in [-0.25, -0.2) is 9.97 Å². The van der Waals surface area contributed by atoms with Gasteiger partial charge in [0.25, 0.3) is 0 Å². The minimum Gasteiger partial charge on any atom is -0.496 e. The second-order valence-electron chi connectivity index (χ2n) is 6.05. The average Bonchev–Trinajstić information content (AvgIpc) is 2.62. The molecule has 2 heterocycles. The molecule has 5 heteroatoms. The molecule has 23 heavy (non-hydrogen) atoms. The lowest BCUT2D eigenvalue weighted by Crippen LogP contribution is -2.43. The number of piperazine rings is 1. The number of rotatable bonds is 4. The van der Waals surface area contributed by atoms with Gasteiger partial charge >= 0.3 is 0 Å². The number of nitrogens with zero attached hydrogens (tertiary/aromatic N) is 3. The van der Waals surface area contributed by atoms with Crippen LogP contribution in [0.3, 0.4) is 0 Å². The summed E-state index contributed by atoms with van der Waals surface area (Å²) in [6.45, 7) is 8.13. The first kappa shape index (κ1) is 15.7. The molecule has 0 spiro atoms. The van der Waals surface area contributed by atoms with E-state index in [2.05, 4.69) is 35.1 Å². The Kier molecular flexibility index (Phi) is 4.76. The van der Waals surface area contributed by atoms with Gasteiger partial charge in [0.05, 0.1) is 19.0 Å². The highest BCUT2D eigenvalue weighted by Gasteiger charge is 2.20. The topological polar surface area (TPSA) is 50.3 Å². The van der Waals surface area contributed by atoms with Crippen LogP contribution in [0.15, 0.2) is 30.5 Å². The van der Waals surface area contributed by atoms with Gasteiger partial charge < -0.3 is 15.0 Å². The van der Waals surface area contributed by atoms with Crippen LogP contribution < -0.4 is 15.0 Å². The van der Waals surface area contributed by atoms with Crippen LogP contribution in [0.5, 0.6) is 5.75 Å². The van der Waals surface area contributed by atoms with Crippen LogP contribution in [-0.4, -0.2) is 43.3 Å². The maximum Gasteiger partial charge on any atom is 0.131 e. The molecule has 3 rings (SSSR count). The lowest BCUT2D eigenvalue weighted by Gasteiger charge is -2.31. The van der Waals surface area contributed by atoms with Gasteiger partial charge in [-0.05, 0) is 12.1 Å². The van der Waals surface area contributed by atoms with Gasteiger partial charge in [-0.15, -0.1) is 0 Å². The summed E-state index contributed by atoms with van der Waals surface area (Å²) >= 11 is 0. The average molecular weight is 312 g/mol. The van der Waals surface area contributed by atoms with E-state index in [0.29, 0.717) is 5.92 Å². The van der Waals surface area contributed by atoms with Gasteiger partial charge in [-0.1, -0.05) is 26.0 Å². The first-order valence-electron chi connectivity index (χ1n) is 8.16. The zero-order chi connectivity index (χ0) is 16.2. The zero-order valence-electron chi connectivity index (χ0n) is 14.0. The highest BCUT2D eigenvalue weighted by Crippen LogP contribution is 2.35. The molecule has 0 bridgehead atoms. The van der Waals surface area contributed by atoms with E-state index in [-0.39, 0.29) is 0 Å². The Morgan fingerprint density at radius 3 is 2.61 bits per heavy atom. The number of ether oxygens (including phenoxy) is 1. The van der Waals surface area contributed by atoms with Crippen LogP contribution in [0.4, 0.5) is 5.69 Å². The SMILES string of the molecule is COc1ccccc1-c1nc(C(C)C)ncc1N1CCNCC1. The van der Waals surface area contributed by atoms with Gasteiger partial charge in [0.15, 0.2) is 0 Å². The quantitative estimate of drug-likeness (QED) is 0.940. The van der Waals surface area contributed by atoms with E-state index in [9.17, 15) is 0 Å². The van der Waals surface area contributed by atoms with Crippen LogP contribution >= 0.6 is 0 Å².